The first-order chi connectivity index (χ1) is 18.1. The smallest absolute Gasteiger partial charge is 0.168 e. The van der Waals surface area contributed by atoms with E-state index in [1.54, 1.807) is 0 Å². The monoisotopic (exact) mass is 520 g/mol. The first-order valence-electron chi connectivity index (χ1n) is 16.4. The van der Waals surface area contributed by atoms with Crippen LogP contribution in [-0.4, -0.2) is 44.0 Å². The number of unbranched alkanes of at least 4 members (excludes halogenated alkanes) is 15. The molecule has 218 valence electrons. The van der Waals surface area contributed by atoms with E-state index < -0.39 is 0 Å². The highest BCUT2D eigenvalue weighted by molar-refractivity contribution is 4.92. The Morgan fingerprint density at radius 3 is 1.70 bits per heavy atom. The van der Waals surface area contributed by atoms with Crippen LogP contribution >= 0.6 is 0 Å². The molecule has 1 aliphatic heterocycles. The second-order valence-electron chi connectivity index (χ2n) is 11.8. The molecule has 0 aromatic heterocycles. The van der Waals surface area contributed by atoms with Crippen molar-refractivity contribution in [1.29, 1.82) is 0 Å². The van der Waals surface area contributed by atoms with Crippen LogP contribution in [0.3, 0.4) is 0 Å². The fourth-order valence-electron chi connectivity index (χ4n) is 5.28. The van der Waals surface area contributed by atoms with Gasteiger partial charge in [0.15, 0.2) is 5.79 Å². The summed E-state index contributed by atoms with van der Waals surface area (Å²) >= 11 is 0. The Morgan fingerprint density at radius 1 is 0.649 bits per heavy atom. The van der Waals surface area contributed by atoms with Crippen molar-refractivity contribution < 1.29 is 9.47 Å². The maximum atomic E-state index is 6.61. The van der Waals surface area contributed by atoms with Gasteiger partial charge in [0.2, 0.25) is 0 Å². The summed E-state index contributed by atoms with van der Waals surface area (Å²) in [7, 11) is 4.29. The third-order valence-electron chi connectivity index (χ3n) is 7.73. The van der Waals surface area contributed by atoms with Crippen molar-refractivity contribution in [3.63, 3.8) is 0 Å². The highest BCUT2D eigenvalue weighted by atomic mass is 16.7. The molecule has 0 N–H and O–H groups in total. The molecule has 2 unspecified atom stereocenters. The Hall–Kier alpha value is -0.640. The number of rotatable bonds is 26. The van der Waals surface area contributed by atoms with E-state index >= 15 is 0 Å². The average Bonchev–Trinajstić information content (AvgIpc) is 3.30. The van der Waals surface area contributed by atoms with Crippen molar-refractivity contribution in [2.24, 2.45) is 0 Å². The van der Waals surface area contributed by atoms with Gasteiger partial charge in [-0.2, -0.15) is 0 Å². The van der Waals surface area contributed by atoms with Gasteiger partial charge < -0.3 is 14.4 Å². The Balaban J connectivity index is 2.16. The molecule has 0 spiro atoms. The lowest BCUT2D eigenvalue weighted by Crippen LogP contribution is -2.31. The van der Waals surface area contributed by atoms with E-state index in [9.17, 15) is 0 Å². The first kappa shape index (κ1) is 34.4. The summed E-state index contributed by atoms with van der Waals surface area (Å²) < 4.78 is 13.0. The minimum Gasteiger partial charge on any atom is -0.347 e. The molecule has 3 nitrogen and oxygen atoms in total. The van der Waals surface area contributed by atoms with Gasteiger partial charge in [0.25, 0.3) is 0 Å². The van der Waals surface area contributed by atoms with Crippen LogP contribution in [0.2, 0.25) is 0 Å². The van der Waals surface area contributed by atoms with Crippen LogP contribution in [0.5, 0.6) is 0 Å². The van der Waals surface area contributed by atoms with Gasteiger partial charge in [0.1, 0.15) is 0 Å². The van der Waals surface area contributed by atoms with Crippen molar-refractivity contribution >= 4 is 0 Å². The molecule has 37 heavy (non-hydrogen) atoms. The molecule has 0 bridgehead atoms. The van der Waals surface area contributed by atoms with Crippen molar-refractivity contribution in [2.45, 2.75) is 167 Å². The molecule has 0 saturated carbocycles. The molecule has 0 amide bonds. The number of hydrogen-bond acceptors (Lipinski definition) is 3. The lowest BCUT2D eigenvalue weighted by molar-refractivity contribution is -0.180. The number of hydrogen-bond donors (Lipinski definition) is 0. The first-order valence-corrected chi connectivity index (χ1v) is 16.4. The SMILES string of the molecule is CCCCC/C=C\C/C=C\CCCCCCCCC1(CCCCCCCCC)OCC(CCN(C)C)O1. The molecular formula is C34H65NO2. The Kier molecular flexibility index (Phi) is 22.7. The molecule has 1 fully saturated rings. The summed E-state index contributed by atoms with van der Waals surface area (Å²) in [6.07, 6.45) is 37.9. The molecule has 0 aromatic rings. The quantitative estimate of drug-likeness (QED) is 0.0838. The fraction of sp³-hybridized carbons (Fsp3) is 0.882. The van der Waals surface area contributed by atoms with Gasteiger partial charge in [0.05, 0.1) is 12.7 Å². The molecule has 0 aliphatic carbocycles. The number of allylic oxidation sites excluding steroid dienone is 4. The second-order valence-corrected chi connectivity index (χ2v) is 11.8. The van der Waals surface area contributed by atoms with E-state index in [2.05, 4.69) is 57.1 Å². The van der Waals surface area contributed by atoms with E-state index in [-0.39, 0.29) is 11.9 Å². The molecule has 1 saturated heterocycles. The Labute approximate surface area is 232 Å². The van der Waals surface area contributed by atoms with Gasteiger partial charge >= 0.3 is 0 Å². The summed E-state index contributed by atoms with van der Waals surface area (Å²) in [4.78, 5) is 2.25. The zero-order valence-electron chi connectivity index (χ0n) is 25.6. The standard InChI is InChI=1S/C34H65NO2/c1-5-7-9-11-13-14-15-16-17-18-19-20-21-23-25-27-30-34(29-26-24-22-12-10-8-6-2)36-32-33(37-34)28-31-35(3)4/h13-14,16-17,33H,5-12,15,18-32H2,1-4H3/b14-13-,17-16-. The van der Waals surface area contributed by atoms with E-state index in [1.165, 1.54) is 116 Å². The number of nitrogens with zero attached hydrogens (tertiary/aromatic N) is 1. The van der Waals surface area contributed by atoms with Crippen LogP contribution in [0.1, 0.15) is 155 Å². The van der Waals surface area contributed by atoms with E-state index in [4.69, 9.17) is 9.47 Å². The van der Waals surface area contributed by atoms with Gasteiger partial charge in [-0.1, -0.05) is 115 Å². The van der Waals surface area contributed by atoms with Gasteiger partial charge in [-0.3, -0.25) is 0 Å². The van der Waals surface area contributed by atoms with Crippen LogP contribution in [0.4, 0.5) is 0 Å². The molecule has 1 aliphatic rings. The Morgan fingerprint density at radius 2 is 1.14 bits per heavy atom. The van der Waals surface area contributed by atoms with Crippen LogP contribution < -0.4 is 0 Å². The zero-order chi connectivity index (χ0) is 26.9. The highest BCUT2D eigenvalue weighted by Gasteiger charge is 2.40. The minimum atomic E-state index is -0.296. The molecule has 0 aromatic carbocycles. The summed E-state index contributed by atoms with van der Waals surface area (Å²) in [5.74, 6) is -0.296. The molecular weight excluding hydrogens is 454 g/mol. The normalized spacial score (nSPS) is 20.3. The molecule has 3 heteroatoms. The Bertz CT molecular complexity index is 544. The third kappa shape index (κ3) is 20.0. The molecule has 1 heterocycles. The van der Waals surface area contributed by atoms with E-state index in [1.807, 2.05) is 0 Å². The predicted octanol–water partition coefficient (Wildman–Crippen LogP) is 10.4. The van der Waals surface area contributed by atoms with Crippen molar-refractivity contribution in [1.82, 2.24) is 4.90 Å². The third-order valence-corrected chi connectivity index (χ3v) is 7.73. The van der Waals surface area contributed by atoms with Crippen molar-refractivity contribution in [3.8, 4) is 0 Å². The van der Waals surface area contributed by atoms with Crippen molar-refractivity contribution in [2.75, 3.05) is 27.2 Å². The molecule has 1 rings (SSSR count). The van der Waals surface area contributed by atoms with Crippen LogP contribution in [0, 0.1) is 0 Å². The lowest BCUT2D eigenvalue weighted by atomic mass is 9.98. The maximum Gasteiger partial charge on any atom is 0.168 e. The summed E-state index contributed by atoms with van der Waals surface area (Å²) in [6, 6.07) is 0. The van der Waals surface area contributed by atoms with Crippen LogP contribution in [0.25, 0.3) is 0 Å². The molecule has 0 radical (unpaired) electrons. The van der Waals surface area contributed by atoms with Gasteiger partial charge in [0, 0.05) is 19.4 Å². The van der Waals surface area contributed by atoms with Gasteiger partial charge in [-0.05, 0) is 65.5 Å². The average molecular weight is 520 g/mol. The molecule has 2 atom stereocenters. The zero-order valence-corrected chi connectivity index (χ0v) is 25.6. The largest absolute Gasteiger partial charge is 0.347 e. The topological polar surface area (TPSA) is 21.7 Å². The van der Waals surface area contributed by atoms with E-state index in [0.29, 0.717) is 0 Å². The maximum absolute atomic E-state index is 6.61. The highest BCUT2D eigenvalue weighted by Crippen LogP contribution is 2.35. The number of ether oxygens (including phenoxy) is 2. The van der Waals surface area contributed by atoms with Gasteiger partial charge in [-0.15, -0.1) is 0 Å². The van der Waals surface area contributed by atoms with E-state index in [0.717, 1.165) is 38.8 Å². The second kappa shape index (κ2) is 24.4. The summed E-state index contributed by atoms with van der Waals surface area (Å²) in [5, 5.41) is 0. The predicted molar refractivity (Wildman–Crippen MR) is 163 cm³/mol. The lowest BCUT2D eigenvalue weighted by Gasteiger charge is -2.29. The summed E-state index contributed by atoms with van der Waals surface area (Å²) in [6.45, 7) is 6.42. The summed E-state index contributed by atoms with van der Waals surface area (Å²) in [5.41, 5.74) is 0. The van der Waals surface area contributed by atoms with Gasteiger partial charge in [-0.25, -0.2) is 0 Å². The van der Waals surface area contributed by atoms with Crippen LogP contribution in [0.15, 0.2) is 24.3 Å². The van der Waals surface area contributed by atoms with Crippen molar-refractivity contribution in [3.05, 3.63) is 24.3 Å². The minimum absolute atomic E-state index is 0.275. The fourth-order valence-corrected chi connectivity index (χ4v) is 5.28. The van der Waals surface area contributed by atoms with Crippen LogP contribution in [-0.2, 0) is 9.47 Å².